The van der Waals surface area contributed by atoms with Crippen LogP contribution in [0, 0.1) is 0 Å². The Hall–Kier alpha value is -0.803. The molecule has 0 saturated heterocycles. The zero-order valence-corrected chi connectivity index (χ0v) is 15.5. The predicted molar refractivity (Wildman–Crippen MR) is 95.2 cm³/mol. The van der Waals surface area contributed by atoms with E-state index in [1.807, 2.05) is 6.07 Å². The monoisotopic (exact) mass is 319 g/mol. The van der Waals surface area contributed by atoms with Crippen LogP contribution >= 0.6 is 12.2 Å². The highest BCUT2D eigenvalue weighted by atomic mass is 32.1. The van der Waals surface area contributed by atoms with Crippen LogP contribution in [-0.2, 0) is 17.3 Å². The molecule has 1 aliphatic rings. The molecule has 0 N–H and O–H groups in total. The predicted octanol–water partition coefficient (Wildman–Crippen LogP) is 5.30. The van der Waals surface area contributed by atoms with E-state index in [4.69, 9.17) is 16.6 Å². The topological polar surface area (TPSA) is 21.6 Å². The van der Waals surface area contributed by atoms with E-state index in [-0.39, 0.29) is 5.04 Å². The number of nitrogens with zero attached hydrogens (tertiary/aromatic N) is 1. The van der Waals surface area contributed by atoms with Gasteiger partial charge in [0.1, 0.15) is 0 Å². The van der Waals surface area contributed by atoms with E-state index < -0.39 is 8.32 Å². The van der Waals surface area contributed by atoms with E-state index in [0.29, 0.717) is 6.10 Å². The number of hydrogen-bond acceptors (Lipinski definition) is 3. The van der Waals surface area contributed by atoms with Gasteiger partial charge in [0.05, 0.1) is 10.8 Å². The number of fused-ring (bicyclic) bond motifs is 1. The minimum atomic E-state index is -1.72. The number of thiocarbonyl (C=S) groups is 1. The molecule has 2 nitrogen and oxygen atoms in total. The lowest BCUT2D eigenvalue weighted by molar-refractivity contribution is 0.165. The number of aryl methyl sites for hydroxylation is 1. The van der Waals surface area contributed by atoms with Gasteiger partial charge in [0.15, 0.2) is 8.32 Å². The van der Waals surface area contributed by atoms with Gasteiger partial charge in [-0.3, -0.25) is 0 Å². The highest BCUT2D eigenvalue weighted by Crippen LogP contribution is 2.39. The van der Waals surface area contributed by atoms with Gasteiger partial charge in [-0.05, 0) is 66.8 Å². The first-order chi connectivity index (χ1) is 9.74. The molecule has 1 aliphatic carbocycles. The summed E-state index contributed by atoms with van der Waals surface area (Å²) in [5.41, 5.74) is 3.65. The molecule has 1 aromatic rings. The summed E-state index contributed by atoms with van der Waals surface area (Å²) in [6.07, 6.45) is 3.41. The quantitative estimate of drug-likeness (QED) is 0.428. The molecule has 1 unspecified atom stereocenters. The van der Waals surface area contributed by atoms with E-state index in [0.717, 1.165) is 24.9 Å². The van der Waals surface area contributed by atoms with E-state index in [1.54, 1.807) is 0 Å². The molecular formula is C17H25NOSSi. The molecule has 0 bridgehead atoms. The summed E-state index contributed by atoms with van der Waals surface area (Å²) < 4.78 is 6.58. The van der Waals surface area contributed by atoms with Crippen LogP contribution in [0.4, 0.5) is 5.69 Å². The molecule has 0 aliphatic heterocycles. The summed E-state index contributed by atoms with van der Waals surface area (Å²) in [6, 6.07) is 6.27. The Morgan fingerprint density at radius 3 is 2.67 bits per heavy atom. The molecule has 2 rings (SSSR count). The molecule has 0 amide bonds. The highest BCUT2D eigenvalue weighted by molar-refractivity contribution is 7.78. The zero-order chi connectivity index (χ0) is 15.7. The van der Waals surface area contributed by atoms with Gasteiger partial charge >= 0.3 is 0 Å². The van der Waals surface area contributed by atoms with Gasteiger partial charge in [0.2, 0.25) is 0 Å². The molecule has 1 atom stereocenters. The SMILES string of the molecule is CC(C)(C)[Si](C)(C)OC1CCc2cccc(N=C=S)c2C1. The fraction of sp³-hybridized carbons (Fsp3) is 0.588. The van der Waals surface area contributed by atoms with Crippen molar-refractivity contribution in [2.45, 2.75) is 64.3 Å². The van der Waals surface area contributed by atoms with Crippen LogP contribution in [-0.4, -0.2) is 19.6 Å². The van der Waals surface area contributed by atoms with Crippen molar-refractivity contribution in [3.8, 4) is 0 Å². The normalized spacial score (nSPS) is 18.8. The number of isothiocyanates is 1. The van der Waals surface area contributed by atoms with Gasteiger partial charge in [0, 0.05) is 6.10 Å². The highest BCUT2D eigenvalue weighted by Gasteiger charge is 2.39. The van der Waals surface area contributed by atoms with Crippen LogP contribution in [0.5, 0.6) is 0 Å². The van der Waals surface area contributed by atoms with Gasteiger partial charge in [0.25, 0.3) is 0 Å². The van der Waals surface area contributed by atoms with Gasteiger partial charge < -0.3 is 4.43 Å². The van der Waals surface area contributed by atoms with Crippen molar-refractivity contribution in [2.75, 3.05) is 0 Å². The fourth-order valence-corrected chi connectivity index (χ4v) is 4.07. The lowest BCUT2D eigenvalue weighted by atomic mass is 9.89. The standard InChI is InChI=1S/C17H25NOSSi/c1-17(2,3)21(4,5)19-14-10-9-13-7-6-8-16(18-12-20)15(13)11-14/h6-8,14H,9-11H2,1-5H3. The zero-order valence-electron chi connectivity index (χ0n) is 13.7. The van der Waals surface area contributed by atoms with Crippen molar-refractivity contribution in [1.29, 1.82) is 0 Å². The molecule has 4 heteroatoms. The van der Waals surface area contributed by atoms with Crippen molar-refractivity contribution >= 4 is 31.4 Å². The van der Waals surface area contributed by atoms with E-state index in [1.165, 1.54) is 11.1 Å². The molecule has 1 aromatic carbocycles. The van der Waals surface area contributed by atoms with Crippen LogP contribution in [0.3, 0.4) is 0 Å². The first-order valence-electron chi connectivity index (χ1n) is 7.61. The number of aliphatic imine (C=N–C) groups is 1. The summed E-state index contributed by atoms with van der Waals surface area (Å²) in [6.45, 7) is 11.5. The van der Waals surface area contributed by atoms with Crippen LogP contribution < -0.4 is 0 Å². The van der Waals surface area contributed by atoms with Gasteiger partial charge in [-0.2, -0.15) is 4.99 Å². The van der Waals surface area contributed by atoms with Crippen molar-refractivity contribution in [3.63, 3.8) is 0 Å². The third-order valence-corrected chi connectivity index (χ3v) is 9.48. The molecule has 0 saturated carbocycles. The molecule has 21 heavy (non-hydrogen) atoms. The molecule has 0 aromatic heterocycles. The Labute approximate surface area is 134 Å². The maximum Gasteiger partial charge on any atom is 0.192 e. The van der Waals surface area contributed by atoms with Gasteiger partial charge in [-0.1, -0.05) is 32.9 Å². The minimum Gasteiger partial charge on any atom is -0.414 e. The fourth-order valence-electron chi connectivity index (χ4n) is 2.59. The lowest BCUT2D eigenvalue weighted by Crippen LogP contribution is -2.45. The van der Waals surface area contributed by atoms with Crippen LogP contribution in [0.2, 0.25) is 18.1 Å². The lowest BCUT2D eigenvalue weighted by Gasteiger charge is -2.40. The van der Waals surface area contributed by atoms with E-state index in [2.05, 4.69) is 56.2 Å². The van der Waals surface area contributed by atoms with Crippen molar-refractivity contribution in [1.82, 2.24) is 0 Å². The van der Waals surface area contributed by atoms with E-state index >= 15 is 0 Å². The largest absolute Gasteiger partial charge is 0.414 e. The molecule has 0 fully saturated rings. The number of benzene rings is 1. The Bertz CT molecular complexity index is 571. The molecule has 114 valence electrons. The second-order valence-corrected chi connectivity index (χ2v) is 12.3. The summed E-state index contributed by atoms with van der Waals surface area (Å²) in [5, 5.41) is 2.75. The van der Waals surface area contributed by atoms with Crippen LogP contribution in [0.25, 0.3) is 0 Å². The molecule has 0 spiro atoms. The average Bonchev–Trinajstić information content (AvgIpc) is 2.38. The maximum atomic E-state index is 6.58. The van der Waals surface area contributed by atoms with Gasteiger partial charge in [-0.15, -0.1) is 0 Å². The molecule has 0 heterocycles. The van der Waals surface area contributed by atoms with Gasteiger partial charge in [-0.25, -0.2) is 0 Å². The second-order valence-electron chi connectivity index (χ2n) is 7.36. The first kappa shape index (κ1) is 16.6. The Balaban J connectivity index is 2.21. The summed E-state index contributed by atoms with van der Waals surface area (Å²) >= 11 is 4.76. The average molecular weight is 320 g/mol. The van der Waals surface area contributed by atoms with Crippen LogP contribution in [0.1, 0.15) is 38.3 Å². The Morgan fingerprint density at radius 1 is 1.33 bits per heavy atom. The number of rotatable bonds is 3. The third kappa shape index (κ3) is 3.70. The third-order valence-electron chi connectivity index (χ3n) is 4.85. The molecule has 0 radical (unpaired) electrons. The number of hydrogen-bond donors (Lipinski definition) is 0. The van der Waals surface area contributed by atoms with Crippen molar-refractivity contribution in [2.24, 2.45) is 4.99 Å². The van der Waals surface area contributed by atoms with Crippen molar-refractivity contribution < 1.29 is 4.43 Å². The van der Waals surface area contributed by atoms with Crippen LogP contribution in [0.15, 0.2) is 23.2 Å². The maximum absolute atomic E-state index is 6.58. The summed E-state index contributed by atoms with van der Waals surface area (Å²) in [7, 11) is -1.72. The van der Waals surface area contributed by atoms with Crippen molar-refractivity contribution in [3.05, 3.63) is 29.3 Å². The molecular weight excluding hydrogens is 294 g/mol. The first-order valence-corrected chi connectivity index (χ1v) is 10.9. The smallest absolute Gasteiger partial charge is 0.192 e. The van der Waals surface area contributed by atoms with E-state index in [9.17, 15) is 0 Å². The minimum absolute atomic E-state index is 0.249. The Kier molecular flexibility index (Phi) is 4.84. The Morgan fingerprint density at radius 2 is 2.05 bits per heavy atom. The second kappa shape index (κ2) is 6.13. The summed E-state index contributed by atoms with van der Waals surface area (Å²) in [4.78, 5) is 4.22. The summed E-state index contributed by atoms with van der Waals surface area (Å²) in [5.74, 6) is 0.